The Morgan fingerprint density at radius 1 is 1.07 bits per heavy atom. The average molecular weight is 370 g/mol. The molecule has 1 N–H and O–H groups in total. The zero-order chi connectivity index (χ0) is 19.3. The summed E-state index contributed by atoms with van der Waals surface area (Å²) in [6, 6.07) is 6.13. The van der Waals surface area contributed by atoms with E-state index in [4.69, 9.17) is 9.47 Å². The first-order valence-electron chi connectivity index (χ1n) is 9.79. The predicted molar refractivity (Wildman–Crippen MR) is 110 cm³/mol. The molecule has 2 rings (SSSR count). The largest absolute Gasteiger partial charge is 0.486 e. The van der Waals surface area contributed by atoms with Crippen molar-refractivity contribution in [2.75, 3.05) is 19.8 Å². The molecule has 4 heteroatoms. The number of fused-ring (bicyclic) bond motifs is 1. The molecule has 0 bridgehead atoms. The Hall–Kier alpha value is -2.49. The highest BCUT2D eigenvalue weighted by molar-refractivity contribution is 5.87. The highest BCUT2D eigenvalue weighted by atomic mass is 16.6. The maximum Gasteiger partial charge on any atom is 0.243 e. The molecule has 0 radical (unpaired) electrons. The molecule has 1 aliphatic heterocycles. The summed E-state index contributed by atoms with van der Waals surface area (Å²) in [5.74, 6) is 2.13. The number of hydrogen-bond donors (Lipinski definition) is 1. The molecule has 0 atom stereocenters. The summed E-state index contributed by atoms with van der Waals surface area (Å²) in [4.78, 5) is 11.5. The van der Waals surface area contributed by atoms with Gasteiger partial charge in [-0.15, -0.1) is 0 Å². The van der Waals surface area contributed by atoms with Crippen LogP contribution in [0.5, 0.6) is 11.5 Å². The van der Waals surface area contributed by atoms with Gasteiger partial charge in [-0.25, -0.2) is 0 Å². The Morgan fingerprint density at radius 2 is 1.85 bits per heavy atom. The number of unbranched alkanes of at least 4 members (excludes halogenated alkanes) is 2. The van der Waals surface area contributed by atoms with E-state index in [9.17, 15) is 4.79 Å². The minimum atomic E-state index is -0.0320. The number of amides is 1. The normalized spacial score (nSPS) is 13.9. The molecule has 0 aliphatic carbocycles. The summed E-state index contributed by atoms with van der Waals surface area (Å²) in [5.41, 5.74) is 1.23. The SMILES string of the molecule is CC(C)CNC(=O)/C=C/C=C/CCC/C=C/Cc1ccc2c(c1)OCCO2. The van der Waals surface area contributed by atoms with Crippen LogP contribution in [-0.2, 0) is 11.2 Å². The van der Waals surface area contributed by atoms with Crippen LogP contribution in [0.3, 0.4) is 0 Å². The summed E-state index contributed by atoms with van der Waals surface area (Å²) >= 11 is 0. The van der Waals surface area contributed by atoms with Crippen LogP contribution in [-0.4, -0.2) is 25.7 Å². The summed E-state index contributed by atoms with van der Waals surface area (Å²) in [6.07, 6.45) is 15.9. The molecular formula is C23H31NO3. The second kappa shape index (κ2) is 12.0. The van der Waals surface area contributed by atoms with E-state index in [1.54, 1.807) is 12.2 Å². The quantitative estimate of drug-likeness (QED) is 0.283. The predicted octanol–water partition coefficient (Wildman–Crippen LogP) is 4.61. The van der Waals surface area contributed by atoms with Crippen molar-refractivity contribution in [3.8, 4) is 11.5 Å². The monoisotopic (exact) mass is 369 g/mol. The smallest absolute Gasteiger partial charge is 0.243 e. The summed E-state index contributed by atoms with van der Waals surface area (Å²) in [5, 5.41) is 2.85. The van der Waals surface area contributed by atoms with Crippen molar-refractivity contribution in [3.63, 3.8) is 0 Å². The molecule has 146 valence electrons. The number of hydrogen-bond acceptors (Lipinski definition) is 3. The highest BCUT2D eigenvalue weighted by Gasteiger charge is 2.10. The number of ether oxygens (including phenoxy) is 2. The van der Waals surface area contributed by atoms with E-state index >= 15 is 0 Å². The van der Waals surface area contributed by atoms with Gasteiger partial charge in [0.05, 0.1) is 0 Å². The topological polar surface area (TPSA) is 47.6 Å². The number of nitrogens with one attached hydrogen (secondary N) is 1. The minimum absolute atomic E-state index is 0.0320. The van der Waals surface area contributed by atoms with E-state index in [0.29, 0.717) is 25.7 Å². The van der Waals surface area contributed by atoms with Crippen LogP contribution >= 0.6 is 0 Å². The zero-order valence-corrected chi connectivity index (χ0v) is 16.4. The van der Waals surface area contributed by atoms with Gasteiger partial charge in [0, 0.05) is 12.6 Å². The molecule has 1 aliphatic rings. The first kappa shape index (κ1) is 20.8. The van der Waals surface area contributed by atoms with Crippen LogP contribution in [0, 0.1) is 5.92 Å². The number of carbonyl (C=O) groups is 1. The van der Waals surface area contributed by atoms with E-state index < -0.39 is 0 Å². The third kappa shape index (κ3) is 8.63. The number of benzene rings is 1. The van der Waals surface area contributed by atoms with Gasteiger partial charge in [0.25, 0.3) is 0 Å². The Labute approximate surface area is 162 Å². The molecular weight excluding hydrogens is 338 g/mol. The van der Waals surface area contributed by atoms with Gasteiger partial charge in [0.1, 0.15) is 13.2 Å². The number of rotatable bonds is 10. The van der Waals surface area contributed by atoms with Crippen LogP contribution in [0.25, 0.3) is 0 Å². The summed E-state index contributed by atoms with van der Waals surface area (Å²) < 4.78 is 11.1. The fraction of sp³-hybridized carbons (Fsp3) is 0.435. The van der Waals surface area contributed by atoms with Crippen LogP contribution < -0.4 is 14.8 Å². The third-order valence-corrected chi connectivity index (χ3v) is 4.05. The molecule has 1 aromatic rings. The molecule has 0 spiro atoms. The first-order chi connectivity index (χ1) is 13.1. The van der Waals surface area contributed by atoms with Crippen molar-refractivity contribution in [2.45, 2.75) is 39.5 Å². The lowest BCUT2D eigenvalue weighted by atomic mass is 10.1. The Morgan fingerprint density at radius 3 is 2.67 bits per heavy atom. The molecule has 27 heavy (non-hydrogen) atoms. The van der Waals surface area contributed by atoms with Crippen molar-refractivity contribution in [3.05, 3.63) is 60.2 Å². The van der Waals surface area contributed by atoms with Gasteiger partial charge >= 0.3 is 0 Å². The molecule has 4 nitrogen and oxygen atoms in total. The van der Waals surface area contributed by atoms with Gasteiger partial charge in [-0.1, -0.05) is 50.3 Å². The van der Waals surface area contributed by atoms with Crippen molar-refractivity contribution < 1.29 is 14.3 Å². The second-order valence-electron chi connectivity index (χ2n) is 7.01. The van der Waals surface area contributed by atoms with E-state index in [-0.39, 0.29) is 5.91 Å². The zero-order valence-electron chi connectivity index (χ0n) is 16.4. The van der Waals surface area contributed by atoms with E-state index in [1.807, 2.05) is 12.1 Å². The van der Waals surface area contributed by atoms with Gasteiger partial charge in [-0.2, -0.15) is 0 Å². The molecule has 1 aromatic carbocycles. The fourth-order valence-corrected chi connectivity index (χ4v) is 2.59. The number of carbonyl (C=O) groups excluding carboxylic acids is 1. The Bertz CT molecular complexity index is 674. The van der Waals surface area contributed by atoms with Crippen molar-refractivity contribution in [1.82, 2.24) is 5.32 Å². The van der Waals surface area contributed by atoms with E-state index in [1.165, 1.54) is 5.56 Å². The van der Waals surface area contributed by atoms with Crippen LogP contribution in [0.15, 0.2) is 54.7 Å². The van der Waals surface area contributed by atoms with Crippen molar-refractivity contribution in [1.29, 1.82) is 0 Å². The standard InChI is InChI=1S/C23H31NO3/c1-19(2)18-24-23(25)12-10-8-6-4-3-5-7-9-11-20-13-14-21-22(17-20)27-16-15-26-21/h6-10,12-14,17,19H,3-5,11,15-16,18H2,1-2H3,(H,24,25)/b8-6+,9-7+,12-10+. The molecule has 0 unspecified atom stereocenters. The van der Waals surface area contributed by atoms with Crippen molar-refractivity contribution >= 4 is 5.91 Å². The lowest BCUT2D eigenvalue weighted by molar-refractivity contribution is -0.116. The fourth-order valence-electron chi connectivity index (χ4n) is 2.59. The maximum atomic E-state index is 11.5. The number of allylic oxidation sites excluding steroid dienone is 5. The molecule has 0 saturated carbocycles. The van der Waals surface area contributed by atoms with Gasteiger partial charge < -0.3 is 14.8 Å². The third-order valence-electron chi connectivity index (χ3n) is 4.05. The van der Waals surface area contributed by atoms with Crippen LogP contribution in [0.1, 0.15) is 38.7 Å². The Balaban J connectivity index is 1.57. The van der Waals surface area contributed by atoms with Gasteiger partial charge in [-0.3, -0.25) is 4.79 Å². The maximum absolute atomic E-state index is 11.5. The van der Waals surface area contributed by atoms with E-state index in [0.717, 1.165) is 37.2 Å². The average Bonchev–Trinajstić information content (AvgIpc) is 2.67. The van der Waals surface area contributed by atoms with Gasteiger partial charge in [0.15, 0.2) is 11.5 Å². The van der Waals surface area contributed by atoms with Crippen LogP contribution in [0.4, 0.5) is 0 Å². The van der Waals surface area contributed by atoms with Crippen molar-refractivity contribution in [2.24, 2.45) is 5.92 Å². The molecule has 0 fully saturated rings. The molecule has 0 aromatic heterocycles. The van der Waals surface area contributed by atoms with Gasteiger partial charge in [-0.05, 0) is 49.3 Å². The summed E-state index contributed by atoms with van der Waals surface area (Å²) in [7, 11) is 0. The van der Waals surface area contributed by atoms with Crippen LogP contribution in [0.2, 0.25) is 0 Å². The highest BCUT2D eigenvalue weighted by Crippen LogP contribution is 2.30. The molecule has 1 amide bonds. The lowest BCUT2D eigenvalue weighted by Crippen LogP contribution is -2.25. The minimum Gasteiger partial charge on any atom is -0.486 e. The first-order valence-corrected chi connectivity index (χ1v) is 9.79. The van der Waals surface area contributed by atoms with Gasteiger partial charge in [0.2, 0.25) is 5.91 Å². The Kier molecular flexibility index (Phi) is 9.25. The molecule has 1 heterocycles. The van der Waals surface area contributed by atoms with E-state index in [2.05, 4.69) is 49.5 Å². The second-order valence-corrected chi connectivity index (χ2v) is 7.01. The summed E-state index contributed by atoms with van der Waals surface area (Å²) in [6.45, 7) is 6.12. The molecule has 0 saturated heterocycles. The lowest BCUT2D eigenvalue weighted by Gasteiger charge is -2.18.